The third kappa shape index (κ3) is 5.38. The Kier molecular flexibility index (Phi) is 5.20. The summed E-state index contributed by atoms with van der Waals surface area (Å²) in [5, 5.41) is 3.08. The second-order valence-corrected chi connectivity index (χ2v) is 7.24. The van der Waals surface area contributed by atoms with Crippen molar-refractivity contribution in [1.29, 1.82) is 0 Å². The van der Waals surface area contributed by atoms with E-state index in [0.717, 1.165) is 18.9 Å². The Morgan fingerprint density at radius 1 is 1.22 bits per heavy atom. The van der Waals surface area contributed by atoms with E-state index in [0.29, 0.717) is 6.42 Å². The Morgan fingerprint density at radius 2 is 1.78 bits per heavy atom. The third-order valence-electron chi connectivity index (χ3n) is 4.20. The molecule has 0 unspecified atom stereocenters. The minimum atomic E-state index is -0.252. The number of carbonyl (C=O) groups excluding carboxylic acids is 1. The number of rotatable bonds is 6. The summed E-state index contributed by atoms with van der Waals surface area (Å²) in [7, 11) is 0. The first kappa shape index (κ1) is 15.5. The molecular weight excluding hydrogens is 224 g/mol. The van der Waals surface area contributed by atoms with Gasteiger partial charge < -0.3 is 11.1 Å². The second kappa shape index (κ2) is 6.05. The number of nitrogens with two attached hydrogens (primary N) is 1. The number of amides is 1. The Bertz CT molecular complexity index is 273. The Morgan fingerprint density at radius 3 is 2.28 bits per heavy atom. The third-order valence-corrected chi connectivity index (χ3v) is 4.20. The van der Waals surface area contributed by atoms with E-state index < -0.39 is 0 Å². The number of hydrogen-bond acceptors (Lipinski definition) is 2. The zero-order valence-electron chi connectivity index (χ0n) is 12.5. The van der Waals surface area contributed by atoms with Crippen LogP contribution in [0.2, 0.25) is 0 Å². The molecule has 0 aromatic heterocycles. The van der Waals surface area contributed by atoms with Gasteiger partial charge in [-0.3, -0.25) is 4.79 Å². The van der Waals surface area contributed by atoms with Gasteiger partial charge in [0.2, 0.25) is 5.91 Å². The lowest BCUT2D eigenvalue weighted by molar-refractivity contribution is -0.122. The van der Waals surface area contributed by atoms with E-state index in [4.69, 9.17) is 5.73 Å². The normalized spacial score (nSPS) is 18.1. The van der Waals surface area contributed by atoms with Crippen LogP contribution in [0.4, 0.5) is 0 Å². The summed E-state index contributed by atoms with van der Waals surface area (Å²) in [4.78, 5) is 11.8. The summed E-state index contributed by atoms with van der Waals surface area (Å²) in [6.45, 7) is 9.26. The van der Waals surface area contributed by atoms with Crippen LogP contribution in [0.15, 0.2) is 0 Å². The molecule has 1 aliphatic carbocycles. The van der Waals surface area contributed by atoms with Gasteiger partial charge in [0.05, 0.1) is 0 Å². The lowest BCUT2D eigenvalue weighted by Crippen LogP contribution is -2.39. The van der Waals surface area contributed by atoms with Gasteiger partial charge in [-0.25, -0.2) is 0 Å². The van der Waals surface area contributed by atoms with Crippen molar-refractivity contribution >= 4 is 5.91 Å². The van der Waals surface area contributed by atoms with E-state index in [9.17, 15) is 4.79 Å². The molecule has 106 valence electrons. The van der Waals surface area contributed by atoms with Crippen LogP contribution >= 0.6 is 0 Å². The van der Waals surface area contributed by atoms with Crippen LogP contribution in [0.25, 0.3) is 0 Å². The molecule has 0 heterocycles. The molecule has 0 aromatic carbocycles. The first-order valence-corrected chi connectivity index (χ1v) is 7.26. The minimum absolute atomic E-state index is 0.139. The summed E-state index contributed by atoms with van der Waals surface area (Å²) in [6, 6.07) is 0. The zero-order chi connectivity index (χ0) is 13.8. The van der Waals surface area contributed by atoms with E-state index in [2.05, 4.69) is 19.2 Å². The van der Waals surface area contributed by atoms with Gasteiger partial charge in [-0.15, -0.1) is 0 Å². The fourth-order valence-electron chi connectivity index (χ4n) is 2.70. The summed E-state index contributed by atoms with van der Waals surface area (Å²) in [5.74, 6) is 0.906. The molecule has 1 saturated carbocycles. The molecule has 0 bridgehead atoms. The summed E-state index contributed by atoms with van der Waals surface area (Å²) in [6.07, 6.45) is 6.61. The molecule has 3 heteroatoms. The molecule has 1 amide bonds. The van der Waals surface area contributed by atoms with Crippen LogP contribution in [0, 0.1) is 11.3 Å². The highest BCUT2D eigenvalue weighted by molar-refractivity contribution is 5.75. The Hall–Kier alpha value is -0.570. The molecule has 0 aromatic rings. The van der Waals surface area contributed by atoms with Crippen LogP contribution in [-0.2, 0) is 4.79 Å². The van der Waals surface area contributed by atoms with Gasteiger partial charge in [0.15, 0.2) is 0 Å². The molecule has 0 spiro atoms. The maximum Gasteiger partial charge on any atom is 0.220 e. The van der Waals surface area contributed by atoms with Crippen LogP contribution in [0.1, 0.15) is 66.2 Å². The highest BCUT2D eigenvalue weighted by Gasteiger charge is 2.31. The van der Waals surface area contributed by atoms with E-state index in [1.807, 2.05) is 13.8 Å². The van der Waals surface area contributed by atoms with E-state index >= 15 is 0 Å². The van der Waals surface area contributed by atoms with Crippen molar-refractivity contribution in [3.8, 4) is 0 Å². The molecular formula is C15H30N2O. The molecule has 3 nitrogen and oxygen atoms in total. The van der Waals surface area contributed by atoms with Crippen molar-refractivity contribution in [2.45, 2.75) is 71.8 Å². The van der Waals surface area contributed by atoms with Crippen molar-refractivity contribution in [2.24, 2.45) is 17.1 Å². The highest BCUT2D eigenvalue weighted by Crippen LogP contribution is 2.38. The lowest BCUT2D eigenvalue weighted by atomic mass is 9.77. The van der Waals surface area contributed by atoms with Crippen LogP contribution < -0.4 is 11.1 Å². The first-order chi connectivity index (χ1) is 8.21. The average molecular weight is 254 g/mol. The summed E-state index contributed by atoms with van der Waals surface area (Å²) in [5.41, 5.74) is 5.86. The van der Waals surface area contributed by atoms with Crippen LogP contribution in [-0.4, -0.2) is 18.0 Å². The fraction of sp³-hybridized carbons (Fsp3) is 0.933. The summed E-state index contributed by atoms with van der Waals surface area (Å²) < 4.78 is 0. The number of hydrogen-bond donors (Lipinski definition) is 2. The molecule has 1 fully saturated rings. The molecule has 1 aliphatic rings. The van der Waals surface area contributed by atoms with Gasteiger partial charge in [-0.2, -0.15) is 0 Å². The molecule has 0 aliphatic heterocycles. The number of nitrogens with one attached hydrogen (secondary N) is 1. The van der Waals surface area contributed by atoms with Gasteiger partial charge in [0, 0.05) is 18.5 Å². The number of carbonyl (C=O) groups is 1. The molecule has 18 heavy (non-hydrogen) atoms. The summed E-state index contributed by atoms with van der Waals surface area (Å²) >= 11 is 0. The van der Waals surface area contributed by atoms with Crippen LogP contribution in [0.5, 0.6) is 0 Å². The Labute approximate surface area is 112 Å². The van der Waals surface area contributed by atoms with Gasteiger partial charge in [-0.1, -0.05) is 26.7 Å². The van der Waals surface area contributed by atoms with E-state index in [-0.39, 0.29) is 16.9 Å². The fourth-order valence-corrected chi connectivity index (χ4v) is 2.70. The maximum absolute atomic E-state index is 11.8. The van der Waals surface area contributed by atoms with E-state index in [1.54, 1.807) is 0 Å². The Balaban J connectivity index is 2.28. The molecule has 0 saturated heterocycles. The second-order valence-electron chi connectivity index (χ2n) is 7.24. The lowest BCUT2D eigenvalue weighted by Gasteiger charge is -2.32. The standard InChI is InChI=1S/C15H30N2O/c1-14(2,12-7-5-6-8-12)11-17-13(18)9-10-15(3,4)16/h12H,5-11,16H2,1-4H3,(H,17,18). The molecule has 0 atom stereocenters. The van der Waals surface area contributed by atoms with Crippen molar-refractivity contribution in [1.82, 2.24) is 5.32 Å². The van der Waals surface area contributed by atoms with Gasteiger partial charge in [0.1, 0.15) is 0 Å². The maximum atomic E-state index is 11.8. The quantitative estimate of drug-likeness (QED) is 0.766. The van der Waals surface area contributed by atoms with Gasteiger partial charge in [0.25, 0.3) is 0 Å². The topological polar surface area (TPSA) is 55.1 Å². The average Bonchev–Trinajstić information content (AvgIpc) is 2.76. The highest BCUT2D eigenvalue weighted by atomic mass is 16.1. The van der Waals surface area contributed by atoms with Gasteiger partial charge in [-0.05, 0) is 44.4 Å². The zero-order valence-corrected chi connectivity index (χ0v) is 12.5. The van der Waals surface area contributed by atoms with Gasteiger partial charge >= 0.3 is 0 Å². The van der Waals surface area contributed by atoms with Crippen molar-refractivity contribution in [2.75, 3.05) is 6.54 Å². The van der Waals surface area contributed by atoms with Crippen molar-refractivity contribution in [3.63, 3.8) is 0 Å². The minimum Gasteiger partial charge on any atom is -0.356 e. The smallest absolute Gasteiger partial charge is 0.220 e. The molecule has 3 N–H and O–H groups in total. The largest absolute Gasteiger partial charge is 0.356 e. The first-order valence-electron chi connectivity index (χ1n) is 7.26. The monoisotopic (exact) mass is 254 g/mol. The van der Waals surface area contributed by atoms with Crippen LogP contribution in [0.3, 0.4) is 0 Å². The predicted octanol–water partition coefficient (Wildman–Crippen LogP) is 2.84. The van der Waals surface area contributed by atoms with Crippen molar-refractivity contribution < 1.29 is 4.79 Å². The van der Waals surface area contributed by atoms with E-state index in [1.165, 1.54) is 25.7 Å². The predicted molar refractivity (Wildman–Crippen MR) is 76.2 cm³/mol. The van der Waals surface area contributed by atoms with Crippen molar-refractivity contribution in [3.05, 3.63) is 0 Å². The molecule has 1 rings (SSSR count). The SMILES string of the molecule is CC(C)(N)CCC(=O)NCC(C)(C)C1CCCC1. The molecule has 0 radical (unpaired) electrons.